The summed E-state index contributed by atoms with van der Waals surface area (Å²) in [6.07, 6.45) is 1.96. The van der Waals surface area contributed by atoms with Crippen LogP contribution in [0.1, 0.15) is 17.4 Å². The lowest BCUT2D eigenvalue weighted by molar-refractivity contribution is 0.322. The minimum absolute atomic E-state index is 0.922. The van der Waals surface area contributed by atoms with Gasteiger partial charge in [0.15, 0.2) is 5.13 Å². The van der Waals surface area contributed by atoms with E-state index in [1.54, 1.807) is 22.7 Å². The molecule has 98 valence electrons. The fourth-order valence-corrected chi connectivity index (χ4v) is 3.84. The Kier molecular flexibility index (Phi) is 5.17. The molecule has 18 heavy (non-hydrogen) atoms. The summed E-state index contributed by atoms with van der Waals surface area (Å²) in [4.78, 5) is 7.94. The number of aromatic nitrogens is 1. The molecule has 0 aliphatic heterocycles. The van der Waals surface area contributed by atoms with Gasteiger partial charge in [0.1, 0.15) is 0 Å². The molecule has 0 saturated carbocycles. The van der Waals surface area contributed by atoms with Crippen molar-refractivity contribution in [3.63, 3.8) is 0 Å². The molecule has 0 aliphatic rings. The highest BCUT2D eigenvalue weighted by molar-refractivity contribution is 9.11. The summed E-state index contributed by atoms with van der Waals surface area (Å²) in [5.74, 6) is 0. The van der Waals surface area contributed by atoms with Crippen LogP contribution in [0, 0.1) is 0 Å². The molecule has 0 aromatic carbocycles. The van der Waals surface area contributed by atoms with Gasteiger partial charge in [-0.15, -0.1) is 22.7 Å². The van der Waals surface area contributed by atoms with Gasteiger partial charge in [-0.05, 0) is 46.9 Å². The van der Waals surface area contributed by atoms with Crippen LogP contribution >= 0.6 is 38.6 Å². The number of anilines is 1. The third-order valence-electron chi connectivity index (χ3n) is 2.38. The summed E-state index contributed by atoms with van der Waals surface area (Å²) in [7, 11) is 2.14. The summed E-state index contributed by atoms with van der Waals surface area (Å²) in [6.45, 7) is 4.92. The number of thiophene rings is 1. The van der Waals surface area contributed by atoms with Gasteiger partial charge >= 0.3 is 0 Å². The van der Waals surface area contributed by atoms with Crippen molar-refractivity contribution in [1.29, 1.82) is 0 Å². The predicted molar refractivity (Wildman–Crippen MR) is 83.5 cm³/mol. The number of thiazole rings is 1. The van der Waals surface area contributed by atoms with Gasteiger partial charge in [-0.2, -0.15) is 0 Å². The molecule has 2 aromatic rings. The number of hydrogen-bond acceptors (Lipinski definition) is 5. The first-order valence-electron chi connectivity index (χ1n) is 5.77. The highest BCUT2D eigenvalue weighted by Crippen LogP contribution is 2.23. The molecule has 0 fully saturated rings. The fraction of sp³-hybridized carbons (Fsp3) is 0.417. The average Bonchev–Trinajstić information content (AvgIpc) is 2.89. The van der Waals surface area contributed by atoms with Crippen molar-refractivity contribution in [1.82, 2.24) is 9.88 Å². The summed E-state index contributed by atoms with van der Waals surface area (Å²) in [5, 5.41) is 6.44. The first-order chi connectivity index (χ1) is 8.67. The highest BCUT2D eigenvalue weighted by Gasteiger charge is 2.06. The van der Waals surface area contributed by atoms with Crippen LogP contribution < -0.4 is 5.32 Å². The second-order valence-electron chi connectivity index (χ2n) is 4.09. The monoisotopic (exact) mass is 345 g/mol. The molecule has 2 rings (SSSR count). The van der Waals surface area contributed by atoms with Crippen molar-refractivity contribution in [3.8, 4) is 0 Å². The third-order valence-corrected chi connectivity index (χ3v) is 4.87. The number of nitrogens with one attached hydrogen (secondary N) is 1. The Bertz CT molecular complexity index is 495. The van der Waals surface area contributed by atoms with Crippen molar-refractivity contribution in [3.05, 3.63) is 31.9 Å². The topological polar surface area (TPSA) is 28.2 Å². The molecule has 0 aliphatic carbocycles. The Balaban J connectivity index is 1.88. The van der Waals surface area contributed by atoms with E-state index in [-0.39, 0.29) is 0 Å². The molecule has 0 spiro atoms. The minimum atomic E-state index is 0.922. The smallest absolute Gasteiger partial charge is 0.182 e. The SMILES string of the molecule is CCNc1ncc(CN(C)Cc2csc(Br)c2)s1. The summed E-state index contributed by atoms with van der Waals surface area (Å²) < 4.78 is 1.19. The second-order valence-corrected chi connectivity index (χ2v) is 7.50. The van der Waals surface area contributed by atoms with Gasteiger partial charge in [0.25, 0.3) is 0 Å². The van der Waals surface area contributed by atoms with Gasteiger partial charge in [0, 0.05) is 30.7 Å². The van der Waals surface area contributed by atoms with Gasteiger partial charge in [-0.3, -0.25) is 4.90 Å². The first-order valence-corrected chi connectivity index (χ1v) is 8.26. The van der Waals surface area contributed by atoms with E-state index < -0.39 is 0 Å². The fourth-order valence-electron chi connectivity index (χ4n) is 1.68. The lowest BCUT2D eigenvalue weighted by Crippen LogP contribution is -2.16. The average molecular weight is 346 g/mol. The first kappa shape index (κ1) is 14.0. The zero-order chi connectivity index (χ0) is 13.0. The van der Waals surface area contributed by atoms with Gasteiger partial charge in [-0.25, -0.2) is 4.98 Å². The normalized spacial score (nSPS) is 11.1. The van der Waals surface area contributed by atoms with Crippen LogP contribution in [0.2, 0.25) is 0 Å². The number of hydrogen-bond donors (Lipinski definition) is 1. The standard InChI is InChI=1S/C12H16BrN3S2/c1-3-14-12-15-5-10(18-12)7-16(2)6-9-4-11(13)17-8-9/h4-5,8H,3,6-7H2,1-2H3,(H,14,15). The second kappa shape index (κ2) is 6.65. The van der Waals surface area contributed by atoms with Crippen LogP contribution in [0.3, 0.4) is 0 Å². The van der Waals surface area contributed by atoms with Crippen molar-refractivity contribution in [2.24, 2.45) is 0 Å². The Morgan fingerprint density at radius 1 is 1.44 bits per heavy atom. The quantitative estimate of drug-likeness (QED) is 0.856. The molecule has 0 saturated heterocycles. The molecular weight excluding hydrogens is 330 g/mol. The van der Waals surface area contributed by atoms with E-state index in [2.05, 4.69) is 56.5 Å². The van der Waals surface area contributed by atoms with Crippen LogP contribution in [-0.2, 0) is 13.1 Å². The zero-order valence-corrected chi connectivity index (χ0v) is 13.7. The van der Waals surface area contributed by atoms with Gasteiger partial charge < -0.3 is 5.32 Å². The lowest BCUT2D eigenvalue weighted by Gasteiger charge is -2.13. The Labute approximate surface area is 124 Å². The van der Waals surface area contributed by atoms with E-state index in [4.69, 9.17) is 0 Å². The number of rotatable bonds is 6. The Hall–Kier alpha value is -0.430. The molecule has 0 bridgehead atoms. The Morgan fingerprint density at radius 3 is 2.94 bits per heavy atom. The molecule has 2 aromatic heterocycles. The largest absolute Gasteiger partial charge is 0.362 e. The predicted octanol–water partition coefficient (Wildman–Crippen LogP) is 4.03. The van der Waals surface area contributed by atoms with E-state index in [0.29, 0.717) is 0 Å². The highest BCUT2D eigenvalue weighted by atomic mass is 79.9. The molecule has 3 nitrogen and oxygen atoms in total. The number of halogens is 1. The van der Waals surface area contributed by atoms with Gasteiger partial charge in [0.2, 0.25) is 0 Å². The third kappa shape index (κ3) is 4.05. The number of nitrogens with zero attached hydrogens (tertiary/aromatic N) is 2. The van der Waals surface area contributed by atoms with Crippen LogP contribution in [0.25, 0.3) is 0 Å². The molecule has 2 heterocycles. The van der Waals surface area contributed by atoms with E-state index in [0.717, 1.165) is 24.8 Å². The van der Waals surface area contributed by atoms with Crippen molar-refractivity contribution >= 4 is 43.7 Å². The lowest BCUT2D eigenvalue weighted by atomic mass is 10.3. The molecular formula is C12H16BrN3S2. The summed E-state index contributed by atoms with van der Waals surface area (Å²) in [5.41, 5.74) is 1.35. The molecule has 1 N–H and O–H groups in total. The molecule has 0 amide bonds. The maximum atomic E-state index is 4.35. The van der Waals surface area contributed by atoms with Crippen molar-refractivity contribution in [2.45, 2.75) is 20.0 Å². The van der Waals surface area contributed by atoms with E-state index in [1.165, 1.54) is 14.2 Å². The van der Waals surface area contributed by atoms with Crippen molar-refractivity contribution in [2.75, 3.05) is 18.9 Å². The summed E-state index contributed by atoms with van der Waals surface area (Å²) in [6, 6.07) is 2.18. The van der Waals surface area contributed by atoms with Crippen LogP contribution in [0.4, 0.5) is 5.13 Å². The molecule has 0 atom stereocenters. The zero-order valence-electron chi connectivity index (χ0n) is 10.4. The molecule has 0 unspecified atom stereocenters. The Morgan fingerprint density at radius 2 is 2.28 bits per heavy atom. The van der Waals surface area contributed by atoms with E-state index >= 15 is 0 Å². The van der Waals surface area contributed by atoms with E-state index in [1.807, 2.05) is 6.20 Å². The van der Waals surface area contributed by atoms with Gasteiger partial charge in [0.05, 0.1) is 3.79 Å². The van der Waals surface area contributed by atoms with Gasteiger partial charge in [-0.1, -0.05) is 0 Å². The molecule has 0 radical (unpaired) electrons. The van der Waals surface area contributed by atoms with E-state index in [9.17, 15) is 0 Å². The maximum absolute atomic E-state index is 4.35. The molecule has 6 heteroatoms. The summed E-state index contributed by atoms with van der Waals surface area (Å²) >= 11 is 6.96. The van der Waals surface area contributed by atoms with Crippen LogP contribution in [0.5, 0.6) is 0 Å². The maximum Gasteiger partial charge on any atom is 0.182 e. The van der Waals surface area contributed by atoms with Crippen LogP contribution in [0.15, 0.2) is 21.4 Å². The van der Waals surface area contributed by atoms with Crippen LogP contribution in [-0.4, -0.2) is 23.5 Å². The van der Waals surface area contributed by atoms with Crippen molar-refractivity contribution < 1.29 is 0 Å². The minimum Gasteiger partial charge on any atom is -0.362 e.